The number of hydrogen-bond acceptors (Lipinski definition) is 5. The Morgan fingerprint density at radius 3 is 3.00 bits per heavy atom. The lowest BCUT2D eigenvalue weighted by atomic mass is 10.5. The van der Waals surface area contributed by atoms with Gasteiger partial charge < -0.3 is 9.47 Å². The lowest BCUT2D eigenvalue weighted by Gasteiger charge is -2.02. The molecule has 0 aromatic rings. The van der Waals surface area contributed by atoms with Gasteiger partial charge in [-0.25, -0.2) is 4.79 Å². The van der Waals surface area contributed by atoms with Gasteiger partial charge in [0.15, 0.2) is 0 Å². The Hall–Kier alpha value is -0.970. The van der Waals surface area contributed by atoms with Crippen LogP contribution in [0.1, 0.15) is 6.92 Å². The summed E-state index contributed by atoms with van der Waals surface area (Å²) in [6, 6.07) is 0. The van der Waals surface area contributed by atoms with Crippen molar-refractivity contribution in [2.45, 2.75) is 6.92 Å². The molecule has 4 nitrogen and oxygen atoms in total. The molecule has 0 aromatic carbocycles. The fraction of sp³-hybridized carbons (Fsp3) is 0.429. The molecule has 0 spiro atoms. The topological polar surface area (TPSA) is 52.6 Å². The van der Waals surface area contributed by atoms with Gasteiger partial charge in [0.05, 0.1) is 12.4 Å². The van der Waals surface area contributed by atoms with Gasteiger partial charge >= 0.3 is 6.16 Å². The van der Waals surface area contributed by atoms with Crippen molar-refractivity contribution in [3.63, 3.8) is 0 Å². The van der Waals surface area contributed by atoms with Gasteiger partial charge in [-0.15, -0.1) is 0 Å². The van der Waals surface area contributed by atoms with Gasteiger partial charge in [-0.1, -0.05) is 11.8 Å². The number of ether oxygens (including phenoxy) is 2. The van der Waals surface area contributed by atoms with E-state index in [0.29, 0.717) is 11.5 Å². The largest absolute Gasteiger partial charge is 0.513 e. The van der Waals surface area contributed by atoms with Crippen LogP contribution in [0.4, 0.5) is 4.79 Å². The van der Waals surface area contributed by atoms with E-state index in [1.807, 2.05) is 0 Å². The van der Waals surface area contributed by atoms with Crippen LogP contribution in [0.25, 0.3) is 0 Å². The molecule has 1 aliphatic rings. The van der Waals surface area contributed by atoms with E-state index in [1.165, 1.54) is 6.08 Å². The molecular weight excluding hydrogens is 180 g/mol. The SMILES string of the molecule is CCOC(=O)OC1=CC(=O)SC1. The van der Waals surface area contributed by atoms with E-state index in [9.17, 15) is 9.59 Å². The van der Waals surface area contributed by atoms with E-state index in [1.54, 1.807) is 6.92 Å². The Bertz CT molecular complexity index is 234. The lowest BCUT2D eigenvalue weighted by Crippen LogP contribution is -2.06. The molecule has 66 valence electrons. The molecule has 12 heavy (non-hydrogen) atoms. The maximum atomic E-state index is 10.7. The minimum Gasteiger partial charge on any atom is -0.434 e. The van der Waals surface area contributed by atoms with Crippen molar-refractivity contribution < 1.29 is 19.1 Å². The summed E-state index contributed by atoms with van der Waals surface area (Å²) < 4.78 is 9.20. The maximum Gasteiger partial charge on any atom is 0.513 e. The van der Waals surface area contributed by atoms with E-state index in [2.05, 4.69) is 9.47 Å². The highest BCUT2D eigenvalue weighted by atomic mass is 32.2. The van der Waals surface area contributed by atoms with Gasteiger partial charge in [0, 0.05) is 6.08 Å². The van der Waals surface area contributed by atoms with Gasteiger partial charge in [-0.2, -0.15) is 0 Å². The molecule has 0 radical (unpaired) electrons. The minimum absolute atomic E-state index is 0.0886. The first-order chi connectivity index (χ1) is 5.72. The Kier molecular flexibility index (Phi) is 3.16. The molecule has 1 rings (SSSR count). The minimum atomic E-state index is -0.751. The fourth-order valence-electron chi connectivity index (χ4n) is 0.670. The van der Waals surface area contributed by atoms with Crippen LogP contribution in [0, 0.1) is 0 Å². The van der Waals surface area contributed by atoms with Crippen molar-refractivity contribution in [1.82, 2.24) is 0 Å². The van der Waals surface area contributed by atoms with Gasteiger partial charge in [-0.05, 0) is 6.92 Å². The zero-order chi connectivity index (χ0) is 8.97. The lowest BCUT2D eigenvalue weighted by molar-refractivity contribution is -0.106. The molecular formula is C7H8O4S. The number of hydrogen-bond donors (Lipinski definition) is 0. The van der Waals surface area contributed by atoms with E-state index in [0.717, 1.165) is 11.8 Å². The molecule has 0 saturated heterocycles. The van der Waals surface area contributed by atoms with E-state index in [4.69, 9.17) is 0 Å². The van der Waals surface area contributed by atoms with Crippen molar-refractivity contribution in [2.75, 3.05) is 12.4 Å². The zero-order valence-corrected chi connectivity index (χ0v) is 7.35. The van der Waals surface area contributed by atoms with Crippen molar-refractivity contribution in [3.8, 4) is 0 Å². The first-order valence-corrected chi connectivity index (χ1v) is 4.43. The normalized spacial score (nSPS) is 15.8. The molecule has 5 heteroatoms. The van der Waals surface area contributed by atoms with Crippen LogP contribution in [0.15, 0.2) is 11.8 Å². The number of carbonyl (C=O) groups is 2. The summed E-state index contributed by atoms with van der Waals surface area (Å²) >= 11 is 1.10. The van der Waals surface area contributed by atoms with Crippen LogP contribution >= 0.6 is 11.8 Å². The second-order valence-corrected chi connectivity index (χ2v) is 2.98. The molecule has 0 atom stereocenters. The highest BCUT2D eigenvalue weighted by Crippen LogP contribution is 2.19. The molecule has 1 heterocycles. The summed E-state index contributed by atoms with van der Waals surface area (Å²) in [4.78, 5) is 21.3. The van der Waals surface area contributed by atoms with Gasteiger partial charge in [0.2, 0.25) is 5.12 Å². The molecule has 0 unspecified atom stereocenters. The fourth-order valence-corrected chi connectivity index (χ4v) is 1.31. The predicted molar refractivity (Wildman–Crippen MR) is 43.7 cm³/mol. The molecule has 0 fully saturated rings. The summed E-state index contributed by atoms with van der Waals surface area (Å²) in [5, 5.41) is -0.0886. The first-order valence-electron chi connectivity index (χ1n) is 3.44. The quantitative estimate of drug-likeness (QED) is 0.611. The summed E-state index contributed by atoms with van der Waals surface area (Å²) in [5.41, 5.74) is 0. The summed E-state index contributed by atoms with van der Waals surface area (Å²) in [6.45, 7) is 1.96. The van der Waals surface area contributed by atoms with Crippen molar-refractivity contribution >= 4 is 23.0 Å². The average Bonchev–Trinajstić information content (AvgIpc) is 2.36. The van der Waals surface area contributed by atoms with Crippen molar-refractivity contribution in [3.05, 3.63) is 11.8 Å². The zero-order valence-electron chi connectivity index (χ0n) is 6.53. The standard InChI is InChI=1S/C7H8O4S/c1-2-10-7(9)11-5-3-6(8)12-4-5/h3H,2,4H2,1H3. The Balaban J connectivity index is 2.36. The smallest absolute Gasteiger partial charge is 0.434 e. The van der Waals surface area contributed by atoms with Gasteiger partial charge in [0.1, 0.15) is 5.76 Å². The molecule has 0 bridgehead atoms. The highest BCUT2D eigenvalue weighted by Gasteiger charge is 2.17. The maximum absolute atomic E-state index is 10.7. The van der Waals surface area contributed by atoms with E-state index < -0.39 is 6.16 Å². The van der Waals surface area contributed by atoms with Crippen LogP contribution in [0.5, 0.6) is 0 Å². The molecule has 0 aliphatic carbocycles. The third kappa shape index (κ3) is 2.58. The van der Waals surface area contributed by atoms with E-state index >= 15 is 0 Å². The van der Waals surface area contributed by atoms with Gasteiger partial charge in [-0.3, -0.25) is 4.79 Å². The van der Waals surface area contributed by atoms with Crippen molar-refractivity contribution in [2.24, 2.45) is 0 Å². The molecule has 0 N–H and O–H groups in total. The molecule has 0 amide bonds. The Morgan fingerprint density at radius 1 is 1.75 bits per heavy atom. The monoisotopic (exact) mass is 188 g/mol. The summed E-state index contributed by atoms with van der Waals surface area (Å²) in [7, 11) is 0. The number of carbonyl (C=O) groups excluding carboxylic acids is 2. The molecule has 1 aliphatic heterocycles. The summed E-state index contributed by atoms with van der Waals surface area (Å²) in [5.74, 6) is 0.779. The van der Waals surface area contributed by atoms with Gasteiger partial charge in [0.25, 0.3) is 0 Å². The average molecular weight is 188 g/mol. The summed E-state index contributed by atoms with van der Waals surface area (Å²) in [6.07, 6.45) is 0.542. The Morgan fingerprint density at radius 2 is 2.50 bits per heavy atom. The third-order valence-corrected chi connectivity index (χ3v) is 1.94. The van der Waals surface area contributed by atoms with Crippen LogP contribution in [0.2, 0.25) is 0 Å². The third-order valence-electron chi connectivity index (χ3n) is 1.11. The van der Waals surface area contributed by atoms with Crippen molar-refractivity contribution in [1.29, 1.82) is 0 Å². The number of rotatable bonds is 2. The van der Waals surface area contributed by atoms with Crippen LogP contribution in [-0.2, 0) is 14.3 Å². The number of thioether (sulfide) groups is 1. The van der Waals surface area contributed by atoms with Crippen LogP contribution in [0.3, 0.4) is 0 Å². The van der Waals surface area contributed by atoms with Crippen LogP contribution < -0.4 is 0 Å². The predicted octanol–water partition coefficient (Wildman–Crippen LogP) is 1.32. The first kappa shape index (κ1) is 9.12. The van der Waals surface area contributed by atoms with E-state index in [-0.39, 0.29) is 11.7 Å². The molecule has 0 aromatic heterocycles. The Labute approximate surface area is 73.9 Å². The van der Waals surface area contributed by atoms with Crippen LogP contribution in [-0.4, -0.2) is 23.6 Å². The molecule has 0 saturated carbocycles. The second kappa shape index (κ2) is 4.15. The second-order valence-electron chi connectivity index (χ2n) is 2.00. The highest BCUT2D eigenvalue weighted by molar-refractivity contribution is 8.14.